The topological polar surface area (TPSA) is 95.5 Å². The van der Waals surface area contributed by atoms with Crippen molar-refractivity contribution in [2.45, 2.75) is 91.0 Å². The van der Waals surface area contributed by atoms with E-state index in [9.17, 15) is 14.4 Å². The maximum absolute atomic E-state index is 11.7. The highest BCUT2D eigenvalue weighted by Crippen LogP contribution is 2.10. The molecule has 0 unspecified atom stereocenters. The van der Waals surface area contributed by atoms with Gasteiger partial charge in [-0.2, -0.15) is 0 Å². The van der Waals surface area contributed by atoms with Crippen LogP contribution >= 0.6 is 0 Å². The van der Waals surface area contributed by atoms with E-state index in [1.165, 1.54) is 38.5 Å². The van der Waals surface area contributed by atoms with Crippen LogP contribution in [0.4, 0.5) is 0 Å². The molecule has 0 rings (SSSR count). The number of carbonyl (C=O) groups is 3. The van der Waals surface area contributed by atoms with E-state index < -0.39 is 17.9 Å². The van der Waals surface area contributed by atoms with Gasteiger partial charge in [0.1, 0.15) is 6.04 Å². The Balaban J connectivity index is 3.66. The second-order valence-electron chi connectivity index (χ2n) is 6.98. The summed E-state index contributed by atoms with van der Waals surface area (Å²) in [6.45, 7) is 5.49. The SMILES string of the molecule is CCCCCCCCCCCC(=O)NCC(=O)N[C@H](C(=O)O)C(C)C. The van der Waals surface area contributed by atoms with Crippen molar-refractivity contribution < 1.29 is 19.5 Å². The molecule has 0 aromatic heterocycles. The minimum Gasteiger partial charge on any atom is -0.480 e. The van der Waals surface area contributed by atoms with Gasteiger partial charge in [0.15, 0.2) is 0 Å². The molecule has 2 amide bonds. The summed E-state index contributed by atoms with van der Waals surface area (Å²) >= 11 is 0. The van der Waals surface area contributed by atoms with E-state index in [2.05, 4.69) is 17.6 Å². The standard InChI is InChI=1S/C19H36N2O4/c1-4-5-6-7-8-9-10-11-12-13-16(22)20-14-17(23)21-18(15(2)3)19(24)25/h15,18H,4-14H2,1-3H3,(H,20,22)(H,21,23)(H,24,25)/t18-/m0/s1. The molecule has 0 aliphatic carbocycles. The number of rotatable bonds is 15. The van der Waals surface area contributed by atoms with Gasteiger partial charge >= 0.3 is 5.97 Å². The summed E-state index contributed by atoms with van der Waals surface area (Å²) in [7, 11) is 0. The highest BCUT2D eigenvalue weighted by atomic mass is 16.4. The lowest BCUT2D eigenvalue weighted by molar-refractivity contribution is -0.143. The fraction of sp³-hybridized carbons (Fsp3) is 0.842. The molecule has 6 heteroatoms. The molecule has 0 aromatic rings. The number of nitrogens with one attached hydrogen (secondary N) is 2. The highest BCUT2D eigenvalue weighted by molar-refractivity contribution is 5.87. The zero-order chi connectivity index (χ0) is 19.1. The third-order valence-electron chi connectivity index (χ3n) is 4.20. The molecule has 0 spiro atoms. The fourth-order valence-electron chi connectivity index (χ4n) is 2.60. The molecular formula is C19H36N2O4. The summed E-state index contributed by atoms with van der Waals surface area (Å²) in [6, 6.07) is -0.929. The van der Waals surface area contributed by atoms with E-state index in [-0.39, 0.29) is 18.4 Å². The van der Waals surface area contributed by atoms with Crippen LogP contribution in [0.25, 0.3) is 0 Å². The number of amides is 2. The monoisotopic (exact) mass is 356 g/mol. The number of carboxylic acid groups (broad SMARTS) is 1. The van der Waals surface area contributed by atoms with Crippen LogP contribution in [0.3, 0.4) is 0 Å². The second kappa shape index (κ2) is 14.7. The Morgan fingerprint density at radius 3 is 1.84 bits per heavy atom. The molecule has 0 bridgehead atoms. The maximum Gasteiger partial charge on any atom is 0.326 e. The first kappa shape index (κ1) is 23.4. The first-order chi connectivity index (χ1) is 11.9. The van der Waals surface area contributed by atoms with Crippen LogP contribution in [-0.2, 0) is 14.4 Å². The van der Waals surface area contributed by atoms with Crippen molar-refractivity contribution in [2.24, 2.45) is 5.92 Å². The number of carbonyl (C=O) groups excluding carboxylic acids is 2. The Morgan fingerprint density at radius 1 is 0.840 bits per heavy atom. The quantitative estimate of drug-likeness (QED) is 0.393. The van der Waals surface area contributed by atoms with Crippen LogP contribution in [0.15, 0.2) is 0 Å². The number of carboxylic acids is 1. The van der Waals surface area contributed by atoms with Crippen molar-refractivity contribution in [3.63, 3.8) is 0 Å². The van der Waals surface area contributed by atoms with Crippen molar-refractivity contribution in [3.05, 3.63) is 0 Å². The van der Waals surface area contributed by atoms with Crippen LogP contribution in [-0.4, -0.2) is 35.5 Å². The molecule has 0 aliphatic heterocycles. The van der Waals surface area contributed by atoms with E-state index in [1.54, 1.807) is 13.8 Å². The van der Waals surface area contributed by atoms with Gasteiger partial charge in [0.05, 0.1) is 6.54 Å². The lowest BCUT2D eigenvalue weighted by Gasteiger charge is -2.17. The average Bonchev–Trinajstić information content (AvgIpc) is 2.55. The van der Waals surface area contributed by atoms with E-state index in [4.69, 9.17) is 5.11 Å². The van der Waals surface area contributed by atoms with Crippen LogP contribution in [0.2, 0.25) is 0 Å². The highest BCUT2D eigenvalue weighted by Gasteiger charge is 2.23. The number of unbranched alkanes of at least 4 members (excludes halogenated alkanes) is 8. The van der Waals surface area contributed by atoms with Crippen LogP contribution in [0, 0.1) is 5.92 Å². The Hall–Kier alpha value is -1.59. The molecule has 1 atom stereocenters. The predicted molar refractivity (Wildman–Crippen MR) is 99.3 cm³/mol. The van der Waals surface area contributed by atoms with Crippen LogP contribution < -0.4 is 10.6 Å². The van der Waals surface area contributed by atoms with Gasteiger partial charge in [-0.15, -0.1) is 0 Å². The van der Waals surface area contributed by atoms with E-state index in [0.29, 0.717) is 6.42 Å². The molecule has 0 saturated carbocycles. The summed E-state index contributed by atoms with van der Waals surface area (Å²) in [5, 5.41) is 14.0. The van der Waals surface area contributed by atoms with E-state index in [0.717, 1.165) is 19.3 Å². The average molecular weight is 357 g/mol. The van der Waals surface area contributed by atoms with Gasteiger partial charge in [0, 0.05) is 6.42 Å². The first-order valence-corrected chi connectivity index (χ1v) is 9.67. The zero-order valence-electron chi connectivity index (χ0n) is 16.1. The molecule has 0 radical (unpaired) electrons. The largest absolute Gasteiger partial charge is 0.480 e. The van der Waals surface area contributed by atoms with Gasteiger partial charge in [-0.3, -0.25) is 9.59 Å². The predicted octanol–water partition coefficient (Wildman–Crippen LogP) is 3.25. The Kier molecular flexibility index (Phi) is 13.8. The molecule has 0 heterocycles. The van der Waals surface area contributed by atoms with Crippen molar-refractivity contribution in [1.29, 1.82) is 0 Å². The van der Waals surface area contributed by atoms with E-state index in [1.807, 2.05) is 0 Å². The van der Waals surface area contributed by atoms with Gasteiger partial charge in [0.25, 0.3) is 0 Å². The lowest BCUT2D eigenvalue weighted by Crippen LogP contribution is -2.48. The molecule has 0 aliphatic rings. The summed E-state index contributed by atoms with van der Waals surface area (Å²) in [5.41, 5.74) is 0. The third-order valence-corrected chi connectivity index (χ3v) is 4.20. The summed E-state index contributed by atoms with van der Waals surface area (Å²) in [6.07, 6.45) is 11.1. The van der Waals surface area contributed by atoms with Gasteiger partial charge in [-0.05, 0) is 12.3 Å². The van der Waals surface area contributed by atoms with Crippen molar-refractivity contribution in [1.82, 2.24) is 10.6 Å². The minimum atomic E-state index is -1.07. The molecule has 0 aromatic carbocycles. The van der Waals surface area contributed by atoms with E-state index >= 15 is 0 Å². The fourth-order valence-corrected chi connectivity index (χ4v) is 2.60. The second-order valence-corrected chi connectivity index (χ2v) is 6.98. The molecule has 3 N–H and O–H groups in total. The third kappa shape index (κ3) is 13.4. The van der Waals surface area contributed by atoms with Crippen molar-refractivity contribution >= 4 is 17.8 Å². The molecule has 146 valence electrons. The smallest absolute Gasteiger partial charge is 0.326 e. The zero-order valence-corrected chi connectivity index (χ0v) is 16.1. The number of hydrogen-bond acceptors (Lipinski definition) is 3. The number of hydrogen-bond donors (Lipinski definition) is 3. The molecule has 0 saturated heterocycles. The molecular weight excluding hydrogens is 320 g/mol. The Labute approximate surface area is 152 Å². The van der Waals surface area contributed by atoms with Crippen LogP contribution in [0.5, 0.6) is 0 Å². The van der Waals surface area contributed by atoms with Gasteiger partial charge in [0.2, 0.25) is 11.8 Å². The Morgan fingerprint density at radius 2 is 1.36 bits per heavy atom. The van der Waals surface area contributed by atoms with Gasteiger partial charge in [-0.1, -0.05) is 72.1 Å². The Bertz CT molecular complexity index is 397. The normalized spacial score (nSPS) is 12.0. The molecule has 6 nitrogen and oxygen atoms in total. The summed E-state index contributed by atoms with van der Waals surface area (Å²) in [5.74, 6) is -1.90. The summed E-state index contributed by atoms with van der Waals surface area (Å²) < 4.78 is 0. The first-order valence-electron chi connectivity index (χ1n) is 9.67. The minimum absolute atomic E-state index is 0.158. The molecule has 25 heavy (non-hydrogen) atoms. The molecule has 0 fully saturated rings. The van der Waals surface area contributed by atoms with Crippen molar-refractivity contribution in [3.8, 4) is 0 Å². The van der Waals surface area contributed by atoms with Gasteiger partial charge < -0.3 is 15.7 Å². The number of aliphatic carboxylic acids is 1. The van der Waals surface area contributed by atoms with Crippen molar-refractivity contribution in [2.75, 3.05) is 6.54 Å². The maximum atomic E-state index is 11.7. The lowest BCUT2D eigenvalue weighted by atomic mass is 10.0. The van der Waals surface area contributed by atoms with Gasteiger partial charge in [-0.25, -0.2) is 4.79 Å². The van der Waals surface area contributed by atoms with Crippen LogP contribution in [0.1, 0.15) is 85.0 Å². The summed E-state index contributed by atoms with van der Waals surface area (Å²) in [4.78, 5) is 34.4.